The van der Waals surface area contributed by atoms with Gasteiger partial charge in [0, 0.05) is 47.6 Å². The van der Waals surface area contributed by atoms with Gasteiger partial charge in [0.1, 0.15) is 0 Å². The van der Waals surface area contributed by atoms with E-state index in [2.05, 4.69) is 46.2 Å². The van der Waals surface area contributed by atoms with Crippen molar-refractivity contribution in [3.05, 3.63) is 79.1 Å². The van der Waals surface area contributed by atoms with Crippen LogP contribution in [-0.2, 0) is 4.79 Å². The van der Waals surface area contributed by atoms with Crippen molar-refractivity contribution in [3.8, 4) is 17.1 Å². The summed E-state index contributed by atoms with van der Waals surface area (Å²) in [5.74, 6) is 0.829. The average molecular weight is 473 g/mol. The minimum Gasteiger partial charge on any atom is -0.369 e. The van der Waals surface area contributed by atoms with Crippen LogP contribution in [0.15, 0.2) is 84.3 Å². The van der Waals surface area contributed by atoms with E-state index < -0.39 is 0 Å². The van der Waals surface area contributed by atoms with E-state index >= 15 is 0 Å². The van der Waals surface area contributed by atoms with Gasteiger partial charge in [0.2, 0.25) is 5.91 Å². The average Bonchev–Trinajstić information content (AvgIpc) is 3.29. The van der Waals surface area contributed by atoms with Crippen LogP contribution < -0.4 is 10.2 Å². The third-order valence-corrected chi connectivity index (χ3v) is 6.29. The molecule has 0 spiro atoms. The number of hydrogen-bond acceptors (Lipinski definition) is 6. The largest absolute Gasteiger partial charge is 0.369 e. The van der Waals surface area contributed by atoms with Gasteiger partial charge in [-0.15, -0.1) is 10.2 Å². The highest BCUT2D eigenvalue weighted by molar-refractivity contribution is 7.99. The van der Waals surface area contributed by atoms with Gasteiger partial charge in [-0.05, 0) is 69.3 Å². The van der Waals surface area contributed by atoms with E-state index in [0.717, 1.165) is 29.2 Å². The molecule has 0 saturated carbocycles. The van der Waals surface area contributed by atoms with Crippen LogP contribution in [0, 0.1) is 0 Å². The Kier molecular flexibility index (Phi) is 7.59. The SMILES string of the molecule is CCN(c1ccc(NC(=O)CSc2nnc(-c3ccncc3)n2-c2ccccc2)cc1)C(C)C. The molecule has 34 heavy (non-hydrogen) atoms. The number of amides is 1. The molecule has 0 aliphatic carbocycles. The fraction of sp³-hybridized carbons (Fsp3) is 0.231. The number of anilines is 2. The molecule has 0 fully saturated rings. The van der Waals surface area contributed by atoms with E-state index in [1.54, 1.807) is 12.4 Å². The van der Waals surface area contributed by atoms with Gasteiger partial charge < -0.3 is 10.2 Å². The number of carbonyl (C=O) groups excluding carboxylic acids is 1. The Labute approximate surface area is 204 Å². The molecule has 0 saturated heterocycles. The van der Waals surface area contributed by atoms with Crippen molar-refractivity contribution < 1.29 is 4.79 Å². The third kappa shape index (κ3) is 5.46. The molecule has 7 nitrogen and oxygen atoms in total. The van der Waals surface area contributed by atoms with Crippen LogP contribution >= 0.6 is 11.8 Å². The molecular formula is C26H28N6OS. The Morgan fingerprint density at radius 1 is 1.00 bits per heavy atom. The van der Waals surface area contributed by atoms with Crippen molar-refractivity contribution in [2.24, 2.45) is 0 Å². The van der Waals surface area contributed by atoms with Gasteiger partial charge in [-0.2, -0.15) is 0 Å². The number of nitrogens with zero attached hydrogens (tertiary/aromatic N) is 5. The van der Waals surface area contributed by atoms with Gasteiger partial charge >= 0.3 is 0 Å². The first-order chi connectivity index (χ1) is 16.6. The molecule has 2 aromatic carbocycles. The summed E-state index contributed by atoms with van der Waals surface area (Å²) < 4.78 is 1.97. The highest BCUT2D eigenvalue weighted by Gasteiger charge is 2.17. The minimum atomic E-state index is -0.0953. The van der Waals surface area contributed by atoms with E-state index in [1.165, 1.54) is 11.8 Å². The molecule has 0 radical (unpaired) electrons. The quantitative estimate of drug-likeness (QED) is 0.333. The molecule has 0 bridgehead atoms. The summed E-state index contributed by atoms with van der Waals surface area (Å²) in [7, 11) is 0. The van der Waals surface area contributed by atoms with E-state index in [1.807, 2.05) is 71.3 Å². The minimum absolute atomic E-state index is 0.0953. The fourth-order valence-corrected chi connectivity index (χ4v) is 4.52. The zero-order chi connectivity index (χ0) is 23.9. The predicted molar refractivity (Wildman–Crippen MR) is 139 cm³/mol. The van der Waals surface area contributed by atoms with Crippen LogP contribution in [0.4, 0.5) is 11.4 Å². The molecule has 0 aliphatic rings. The Morgan fingerprint density at radius 3 is 2.35 bits per heavy atom. The topological polar surface area (TPSA) is 75.9 Å². The van der Waals surface area contributed by atoms with Gasteiger partial charge in [-0.3, -0.25) is 14.3 Å². The van der Waals surface area contributed by atoms with E-state index in [4.69, 9.17) is 0 Å². The molecule has 0 unspecified atom stereocenters. The molecule has 2 aromatic heterocycles. The fourth-order valence-electron chi connectivity index (χ4n) is 3.77. The number of rotatable bonds is 9. The molecule has 174 valence electrons. The number of aromatic nitrogens is 4. The standard InChI is InChI=1S/C26H28N6OS/c1-4-31(19(2)3)22-12-10-21(11-13-22)28-24(33)18-34-26-30-29-25(20-14-16-27-17-15-20)32(26)23-8-6-5-7-9-23/h5-17,19H,4,18H2,1-3H3,(H,28,33). The first kappa shape index (κ1) is 23.5. The Hall–Kier alpha value is -3.65. The summed E-state index contributed by atoms with van der Waals surface area (Å²) in [5.41, 5.74) is 3.76. The predicted octanol–water partition coefficient (Wildman–Crippen LogP) is 5.29. The second-order valence-electron chi connectivity index (χ2n) is 7.98. The van der Waals surface area contributed by atoms with Gasteiger partial charge in [0.25, 0.3) is 0 Å². The van der Waals surface area contributed by atoms with Crippen LogP contribution in [0.3, 0.4) is 0 Å². The van der Waals surface area contributed by atoms with Gasteiger partial charge in [-0.25, -0.2) is 0 Å². The van der Waals surface area contributed by atoms with Crippen molar-refractivity contribution in [3.63, 3.8) is 0 Å². The second-order valence-corrected chi connectivity index (χ2v) is 8.92. The van der Waals surface area contributed by atoms with Crippen LogP contribution in [0.1, 0.15) is 20.8 Å². The van der Waals surface area contributed by atoms with E-state index in [9.17, 15) is 4.79 Å². The number of benzene rings is 2. The number of carbonyl (C=O) groups is 1. The number of pyridine rings is 1. The van der Waals surface area contributed by atoms with E-state index in [-0.39, 0.29) is 11.7 Å². The summed E-state index contributed by atoms with van der Waals surface area (Å²) in [6, 6.07) is 22.1. The molecule has 0 aliphatic heterocycles. The lowest BCUT2D eigenvalue weighted by Gasteiger charge is -2.27. The monoisotopic (exact) mass is 472 g/mol. The van der Waals surface area contributed by atoms with Crippen molar-refractivity contribution in [1.29, 1.82) is 0 Å². The lowest BCUT2D eigenvalue weighted by Crippen LogP contribution is -2.30. The molecule has 4 aromatic rings. The zero-order valence-corrected chi connectivity index (χ0v) is 20.4. The van der Waals surface area contributed by atoms with Crippen LogP contribution in [0.2, 0.25) is 0 Å². The maximum absolute atomic E-state index is 12.7. The van der Waals surface area contributed by atoms with Gasteiger partial charge in [-0.1, -0.05) is 30.0 Å². The Bertz CT molecular complexity index is 1210. The Morgan fingerprint density at radius 2 is 1.71 bits per heavy atom. The molecule has 0 atom stereocenters. The normalized spacial score (nSPS) is 10.9. The summed E-state index contributed by atoms with van der Waals surface area (Å²) in [6.45, 7) is 7.42. The van der Waals surface area contributed by atoms with Gasteiger partial charge in [0.15, 0.2) is 11.0 Å². The van der Waals surface area contributed by atoms with E-state index in [0.29, 0.717) is 17.0 Å². The molecular weight excluding hydrogens is 444 g/mol. The highest BCUT2D eigenvalue weighted by atomic mass is 32.2. The number of para-hydroxylation sites is 1. The zero-order valence-electron chi connectivity index (χ0n) is 19.5. The molecule has 2 heterocycles. The summed E-state index contributed by atoms with van der Waals surface area (Å²) >= 11 is 1.35. The molecule has 8 heteroatoms. The first-order valence-electron chi connectivity index (χ1n) is 11.3. The van der Waals surface area contributed by atoms with Crippen LogP contribution in [0.5, 0.6) is 0 Å². The van der Waals surface area contributed by atoms with Gasteiger partial charge in [0.05, 0.1) is 5.75 Å². The molecule has 4 rings (SSSR count). The number of nitrogens with one attached hydrogen (secondary N) is 1. The Balaban J connectivity index is 1.47. The van der Waals surface area contributed by atoms with Crippen molar-refractivity contribution in [2.75, 3.05) is 22.5 Å². The lowest BCUT2D eigenvalue weighted by atomic mass is 10.2. The summed E-state index contributed by atoms with van der Waals surface area (Å²) in [4.78, 5) is 19.1. The van der Waals surface area contributed by atoms with Crippen LogP contribution in [-0.4, -0.2) is 44.0 Å². The molecule has 1 N–H and O–H groups in total. The van der Waals surface area contributed by atoms with Crippen molar-refractivity contribution >= 4 is 29.0 Å². The first-order valence-corrected chi connectivity index (χ1v) is 12.3. The van der Waals surface area contributed by atoms with Crippen LogP contribution in [0.25, 0.3) is 17.1 Å². The van der Waals surface area contributed by atoms with Crippen molar-refractivity contribution in [1.82, 2.24) is 19.7 Å². The summed E-state index contributed by atoms with van der Waals surface area (Å²) in [5, 5.41) is 12.4. The second kappa shape index (κ2) is 11.0. The maximum Gasteiger partial charge on any atom is 0.234 e. The summed E-state index contributed by atoms with van der Waals surface area (Å²) in [6.07, 6.45) is 3.46. The number of hydrogen-bond donors (Lipinski definition) is 1. The number of thioether (sulfide) groups is 1. The third-order valence-electron chi connectivity index (χ3n) is 5.37. The maximum atomic E-state index is 12.7. The lowest BCUT2D eigenvalue weighted by molar-refractivity contribution is -0.113. The van der Waals surface area contributed by atoms with Crippen molar-refractivity contribution in [2.45, 2.75) is 32.0 Å². The highest BCUT2D eigenvalue weighted by Crippen LogP contribution is 2.28. The molecule has 1 amide bonds. The smallest absolute Gasteiger partial charge is 0.234 e.